The summed E-state index contributed by atoms with van der Waals surface area (Å²) in [5.41, 5.74) is 0.308. The van der Waals surface area contributed by atoms with E-state index in [1.54, 1.807) is 37.3 Å². The van der Waals surface area contributed by atoms with Crippen LogP contribution in [0.1, 0.15) is 24.8 Å². The van der Waals surface area contributed by atoms with Crippen LogP contribution in [0.4, 0.5) is 18.9 Å². The van der Waals surface area contributed by atoms with Gasteiger partial charge in [-0.15, -0.1) is 0 Å². The van der Waals surface area contributed by atoms with Gasteiger partial charge in [-0.1, -0.05) is 30.4 Å². The molecule has 0 saturated carbocycles. The van der Waals surface area contributed by atoms with Crippen LogP contribution in [0.3, 0.4) is 0 Å². The van der Waals surface area contributed by atoms with Gasteiger partial charge in [-0.2, -0.15) is 8.78 Å². The molecule has 0 radical (unpaired) electrons. The number of carbonyl (C=O) groups is 1. The van der Waals surface area contributed by atoms with Crippen LogP contribution >= 0.6 is 0 Å². The minimum absolute atomic E-state index is 0.0401. The Labute approximate surface area is 229 Å². The van der Waals surface area contributed by atoms with Gasteiger partial charge in [-0.25, -0.2) is 12.8 Å². The van der Waals surface area contributed by atoms with Crippen molar-refractivity contribution in [1.29, 1.82) is 0 Å². The third-order valence-electron chi connectivity index (χ3n) is 7.15. The van der Waals surface area contributed by atoms with E-state index in [0.29, 0.717) is 18.4 Å². The Bertz CT molecular complexity index is 1580. The zero-order valence-corrected chi connectivity index (χ0v) is 22.2. The highest BCUT2D eigenvalue weighted by Gasteiger charge is 2.44. The van der Waals surface area contributed by atoms with Crippen molar-refractivity contribution in [1.82, 2.24) is 0 Å². The summed E-state index contributed by atoms with van der Waals surface area (Å²) in [7, 11) is -4.14. The standard InChI is InChI=1S/C29H26F3NO6S/c1-18-5-4-6-24(11-18)40(36,37)33-17-23(16-29(27(34)35)9-2-3-10-29)38-26-8-7-19(14-25(26)33)20-12-21(30)15-22(13-20)39-28(31)32/h2-8,11-15,23,28H,9-10,16-17H2,1H3,(H,34,35)/t23-/m0/s1. The molecule has 3 aromatic carbocycles. The second kappa shape index (κ2) is 10.5. The number of carboxylic acid groups (broad SMARTS) is 1. The van der Waals surface area contributed by atoms with Crippen LogP contribution in [-0.4, -0.2) is 38.8 Å². The lowest BCUT2D eigenvalue weighted by molar-refractivity contribution is -0.150. The van der Waals surface area contributed by atoms with Crippen molar-refractivity contribution in [2.45, 2.75) is 43.8 Å². The fraction of sp³-hybridized carbons (Fsp3) is 0.276. The number of fused-ring (bicyclic) bond motifs is 1. The number of nitrogens with zero attached hydrogens (tertiary/aromatic N) is 1. The van der Waals surface area contributed by atoms with E-state index in [4.69, 9.17) is 4.74 Å². The summed E-state index contributed by atoms with van der Waals surface area (Å²) < 4.78 is 79.4. The van der Waals surface area contributed by atoms with Crippen molar-refractivity contribution in [3.63, 3.8) is 0 Å². The number of carboxylic acids is 1. The molecule has 0 fully saturated rings. The SMILES string of the molecule is Cc1cccc(S(=O)(=O)N2C[C@H](CC3(C(=O)O)CC=CC3)Oc3ccc(-c4cc(F)cc(OC(F)F)c4)cc32)c1. The molecule has 0 aromatic heterocycles. The topological polar surface area (TPSA) is 93.1 Å². The normalized spacial score (nSPS) is 17.9. The Morgan fingerprint density at radius 1 is 1.10 bits per heavy atom. The average molecular weight is 574 g/mol. The molecule has 1 aliphatic carbocycles. The van der Waals surface area contributed by atoms with E-state index >= 15 is 0 Å². The molecule has 3 aromatic rings. The molecule has 5 rings (SSSR count). The van der Waals surface area contributed by atoms with Crippen LogP contribution in [-0.2, 0) is 14.8 Å². The van der Waals surface area contributed by atoms with Crippen LogP contribution in [0, 0.1) is 18.2 Å². The molecule has 40 heavy (non-hydrogen) atoms. The largest absolute Gasteiger partial charge is 0.486 e. The van der Waals surface area contributed by atoms with Gasteiger partial charge in [-0.3, -0.25) is 9.10 Å². The van der Waals surface area contributed by atoms with Crippen molar-refractivity contribution in [2.75, 3.05) is 10.8 Å². The van der Waals surface area contributed by atoms with E-state index in [-0.39, 0.29) is 40.6 Å². The molecule has 11 heteroatoms. The van der Waals surface area contributed by atoms with E-state index in [2.05, 4.69) is 4.74 Å². The molecular formula is C29H26F3NO6S. The lowest BCUT2D eigenvalue weighted by atomic mass is 9.79. The number of allylic oxidation sites excluding steroid dienone is 2. The maximum atomic E-state index is 14.3. The monoisotopic (exact) mass is 573 g/mol. The molecule has 1 heterocycles. The van der Waals surface area contributed by atoms with Gasteiger partial charge in [-0.05, 0) is 72.9 Å². The Balaban J connectivity index is 1.58. The van der Waals surface area contributed by atoms with Gasteiger partial charge in [0.1, 0.15) is 23.4 Å². The smallest absolute Gasteiger partial charge is 0.387 e. The number of hydrogen-bond donors (Lipinski definition) is 1. The molecule has 2 aliphatic rings. The summed E-state index contributed by atoms with van der Waals surface area (Å²) in [5, 5.41) is 9.97. The van der Waals surface area contributed by atoms with Crippen molar-refractivity contribution in [2.24, 2.45) is 5.41 Å². The van der Waals surface area contributed by atoms with E-state index in [0.717, 1.165) is 17.7 Å². The van der Waals surface area contributed by atoms with Gasteiger partial charge >= 0.3 is 12.6 Å². The first kappa shape index (κ1) is 27.6. The summed E-state index contributed by atoms with van der Waals surface area (Å²) >= 11 is 0. The van der Waals surface area contributed by atoms with Gasteiger partial charge in [0.05, 0.1) is 22.5 Å². The molecule has 0 bridgehead atoms. The Morgan fingerprint density at radius 2 is 1.85 bits per heavy atom. The first-order chi connectivity index (χ1) is 19.0. The lowest BCUT2D eigenvalue weighted by Crippen LogP contribution is -2.46. The number of rotatable bonds is 8. The zero-order valence-electron chi connectivity index (χ0n) is 21.4. The van der Waals surface area contributed by atoms with Gasteiger partial charge in [0, 0.05) is 12.5 Å². The highest BCUT2D eigenvalue weighted by Crippen LogP contribution is 2.45. The van der Waals surface area contributed by atoms with Crippen molar-refractivity contribution < 1.29 is 41.0 Å². The summed E-state index contributed by atoms with van der Waals surface area (Å²) in [5.74, 6) is -1.98. The summed E-state index contributed by atoms with van der Waals surface area (Å²) in [6.45, 7) is -1.55. The molecule has 0 spiro atoms. The Kier molecular flexibility index (Phi) is 7.26. The molecular weight excluding hydrogens is 547 g/mol. The van der Waals surface area contributed by atoms with Crippen molar-refractivity contribution >= 4 is 21.7 Å². The number of anilines is 1. The summed E-state index contributed by atoms with van der Waals surface area (Å²) in [6.07, 6.45) is 3.51. The molecule has 0 saturated heterocycles. The highest BCUT2D eigenvalue weighted by molar-refractivity contribution is 7.92. The predicted octanol–water partition coefficient (Wildman–Crippen LogP) is 6.17. The second-order valence-corrected chi connectivity index (χ2v) is 11.9. The van der Waals surface area contributed by atoms with E-state index in [1.807, 2.05) is 0 Å². The number of ether oxygens (including phenoxy) is 2. The highest BCUT2D eigenvalue weighted by atomic mass is 32.2. The lowest BCUT2D eigenvalue weighted by Gasteiger charge is -2.38. The second-order valence-electron chi connectivity index (χ2n) is 10.00. The minimum Gasteiger partial charge on any atom is -0.486 e. The number of halogens is 3. The van der Waals surface area contributed by atoms with Crippen LogP contribution in [0.2, 0.25) is 0 Å². The molecule has 7 nitrogen and oxygen atoms in total. The van der Waals surface area contributed by atoms with Gasteiger partial charge in [0.25, 0.3) is 10.0 Å². The fourth-order valence-electron chi connectivity index (χ4n) is 5.19. The van der Waals surface area contributed by atoms with Gasteiger partial charge in [0.2, 0.25) is 0 Å². The number of hydrogen-bond acceptors (Lipinski definition) is 5. The number of benzene rings is 3. The maximum absolute atomic E-state index is 14.3. The third-order valence-corrected chi connectivity index (χ3v) is 8.93. The average Bonchev–Trinajstić information content (AvgIpc) is 3.37. The maximum Gasteiger partial charge on any atom is 0.387 e. The third kappa shape index (κ3) is 5.38. The molecule has 210 valence electrons. The van der Waals surface area contributed by atoms with E-state index in [1.165, 1.54) is 34.6 Å². The summed E-state index contributed by atoms with van der Waals surface area (Å²) in [4.78, 5) is 12.2. The molecule has 1 N–H and O–H groups in total. The summed E-state index contributed by atoms with van der Waals surface area (Å²) in [6, 6.07) is 14.1. The fourth-order valence-corrected chi connectivity index (χ4v) is 6.80. The quantitative estimate of drug-likeness (QED) is 0.324. The van der Waals surface area contributed by atoms with Crippen molar-refractivity contribution in [3.8, 4) is 22.6 Å². The first-order valence-electron chi connectivity index (χ1n) is 12.5. The molecule has 0 amide bonds. The van der Waals surface area contributed by atoms with E-state index in [9.17, 15) is 31.5 Å². The number of alkyl halides is 2. The number of sulfonamides is 1. The van der Waals surface area contributed by atoms with Crippen LogP contribution in [0.15, 0.2) is 77.7 Å². The number of aryl methyl sites for hydroxylation is 1. The number of aliphatic carboxylic acids is 1. The first-order valence-corrected chi connectivity index (χ1v) is 14.0. The Hall–Kier alpha value is -3.99. The zero-order chi connectivity index (χ0) is 28.7. The molecule has 0 unspecified atom stereocenters. The van der Waals surface area contributed by atoms with Crippen LogP contribution < -0.4 is 13.8 Å². The van der Waals surface area contributed by atoms with Crippen molar-refractivity contribution in [3.05, 3.63) is 84.2 Å². The molecule has 1 atom stereocenters. The molecule has 1 aliphatic heterocycles. The van der Waals surface area contributed by atoms with Crippen LogP contribution in [0.5, 0.6) is 11.5 Å². The van der Waals surface area contributed by atoms with E-state index < -0.39 is 39.9 Å². The Morgan fingerprint density at radius 3 is 2.52 bits per heavy atom. The predicted molar refractivity (Wildman–Crippen MR) is 142 cm³/mol. The minimum atomic E-state index is -4.14. The van der Waals surface area contributed by atoms with Gasteiger partial charge < -0.3 is 14.6 Å². The van der Waals surface area contributed by atoms with Crippen LogP contribution in [0.25, 0.3) is 11.1 Å². The van der Waals surface area contributed by atoms with Gasteiger partial charge in [0.15, 0.2) is 0 Å².